The van der Waals surface area contributed by atoms with E-state index >= 15 is 0 Å². The highest BCUT2D eigenvalue weighted by Crippen LogP contribution is 2.09. The number of carbonyl (C=O) groups is 2. The third kappa shape index (κ3) is 4.35. The standard InChI is InChI=1S/C13H25N3O4/c1-3-14(5-4-10-17)13(20)16-8-6-15(7-9-16)11(2)12(18)19/h11,17H,3-10H2,1-2H3,(H,18,19). The van der Waals surface area contributed by atoms with Crippen molar-refractivity contribution in [2.75, 3.05) is 45.9 Å². The molecular weight excluding hydrogens is 262 g/mol. The Labute approximate surface area is 119 Å². The van der Waals surface area contributed by atoms with Gasteiger partial charge in [-0.1, -0.05) is 0 Å². The first-order valence-electron chi connectivity index (χ1n) is 7.12. The van der Waals surface area contributed by atoms with Crippen molar-refractivity contribution in [3.05, 3.63) is 0 Å². The molecule has 0 aliphatic carbocycles. The summed E-state index contributed by atoms with van der Waals surface area (Å²) in [5.41, 5.74) is 0. The molecule has 0 radical (unpaired) electrons. The molecule has 20 heavy (non-hydrogen) atoms. The fraction of sp³-hybridized carbons (Fsp3) is 0.846. The Bertz CT molecular complexity index is 330. The van der Waals surface area contributed by atoms with Gasteiger partial charge in [0.1, 0.15) is 6.04 Å². The first-order valence-corrected chi connectivity index (χ1v) is 7.12. The number of hydrogen-bond donors (Lipinski definition) is 2. The summed E-state index contributed by atoms with van der Waals surface area (Å²) in [6.45, 7) is 7.08. The van der Waals surface area contributed by atoms with Crippen LogP contribution in [0.3, 0.4) is 0 Å². The molecule has 1 rings (SSSR count). The minimum absolute atomic E-state index is 0.0245. The lowest BCUT2D eigenvalue weighted by Gasteiger charge is -2.38. The van der Waals surface area contributed by atoms with E-state index in [0.717, 1.165) is 0 Å². The van der Waals surface area contributed by atoms with Gasteiger partial charge in [-0.05, 0) is 20.3 Å². The highest BCUT2D eigenvalue weighted by molar-refractivity contribution is 5.75. The molecule has 0 saturated carbocycles. The molecule has 1 fully saturated rings. The molecule has 0 aromatic heterocycles. The maximum Gasteiger partial charge on any atom is 0.320 e. The zero-order valence-electron chi connectivity index (χ0n) is 12.3. The van der Waals surface area contributed by atoms with E-state index in [1.54, 1.807) is 16.7 Å². The third-order valence-electron chi connectivity index (χ3n) is 3.73. The van der Waals surface area contributed by atoms with Crippen LogP contribution in [0.1, 0.15) is 20.3 Å². The number of aliphatic hydroxyl groups is 1. The smallest absolute Gasteiger partial charge is 0.320 e. The fourth-order valence-corrected chi connectivity index (χ4v) is 2.31. The largest absolute Gasteiger partial charge is 0.480 e. The van der Waals surface area contributed by atoms with Crippen LogP contribution in [0.2, 0.25) is 0 Å². The van der Waals surface area contributed by atoms with Gasteiger partial charge in [-0.15, -0.1) is 0 Å². The number of piperazine rings is 1. The van der Waals surface area contributed by atoms with Crippen molar-refractivity contribution in [2.24, 2.45) is 0 Å². The molecule has 1 saturated heterocycles. The fourth-order valence-electron chi connectivity index (χ4n) is 2.31. The Kier molecular flexibility index (Phi) is 6.74. The van der Waals surface area contributed by atoms with Gasteiger partial charge in [0.25, 0.3) is 0 Å². The lowest BCUT2D eigenvalue weighted by atomic mass is 10.2. The average molecular weight is 287 g/mol. The summed E-state index contributed by atoms with van der Waals surface area (Å²) in [7, 11) is 0. The van der Waals surface area contributed by atoms with Crippen molar-refractivity contribution < 1.29 is 19.8 Å². The Hall–Kier alpha value is -1.34. The predicted molar refractivity (Wildman–Crippen MR) is 74.6 cm³/mol. The summed E-state index contributed by atoms with van der Waals surface area (Å²) in [5.74, 6) is -0.831. The van der Waals surface area contributed by atoms with E-state index in [9.17, 15) is 9.59 Å². The molecule has 0 spiro atoms. The summed E-state index contributed by atoms with van der Waals surface area (Å²) in [5, 5.41) is 17.8. The van der Waals surface area contributed by atoms with Crippen LogP contribution < -0.4 is 0 Å². The van der Waals surface area contributed by atoms with Gasteiger partial charge in [0, 0.05) is 45.9 Å². The number of carboxylic acids is 1. The topological polar surface area (TPSA) is 84.3 Å². The molecule has 1 aliphatic rings. The second kappa shape index (κ2) is 8.06. The van der Waals surface area contributed by atoms with Gasteiger partial charge in [0.15, 0.2) is 0 Å². The van der Waals surface area contributed by atoms with E-state index in [0.29, 0.717) is 45.7 Å². The van der Waals surface area contributed by atoms with Crippen molar-refractivity contribution in [1.82, 2.24) is 14.7 Å². The number of aliphatic carboxylic acids is 1. The van der Waals surface area contributed by atoms with Gasteiger partial charge in [0.05, 0.1) is 0 Å². The van der Waals surface area contributed by atoms with Gasteiger partial charge in [0.2, 0.25) is 0 Å². The molecule has 7 nitrogen and oxygen atoms in total. The molecule has 116 valence electrons. The summed E-state index contributed by atoms with van der Waals surface area (Å²) in [6.07, 6.45) is 0.579. The lowest BCUT2D eigenvalue weighted by Crippen LogP contribution is -2.55. The van der Waals surface area contributed by atoms with E-state index in [4.69, 9.17) is 10.2 Å². The van der Waals surface area contributed by atoms with Gasteiger partial charge in [-0.25, -0.2) is 4.79 Å². The molecule has 0 aromatic rings. The highest BCUT2D eigenvalue weighted by atomic mass is 16.4. The van der Waals surface area contributed by atoms with Crippen molar-refractivity contribution in [3.63, 3.8) is 0 Å². The SMILES string of the molecule is CCN(CCCO)C(=O)N1CCN(C(C)C(=O)O)CC1. The molecule has 1 heterocycles. The predicted octanol–water partition coefficient (Wildman–Crippen LogP) is -0.0986. The zero-order chi connectivity index (χ0) is 15.1. The van der Waals surface area contributed by atoms with E-state index in [-0.39, 0.29) is 12.6 Å². The van der Waals surface area contributed by atoms with E-state index in [2.05, 4.69) is 0 Å². The maximum absolute atomic E-state index is 12.3. The summed E-state index contributed by atoms with van der Waals surface area (Å²) < 4.78 is 0. The quantitative estimate of drug-likeness (QED) is 0.713. The summed E-state index contributed by atoms with van der Waals surface area (Å²) >= 11 is 0. The maximum atomic E-state index is 12.3. The van der Waals surface area contributed by atoms with Crippen LogP contribution in [-0.4, -0.2) is 88.8 Å². The lowest BCUT2D eigenvalue weighted by molar-refractivity contribution is -0.143. The van der Waals surface area contributed by atoms with E-state index < -0.39 is 12.0 Å². The van der Waals surface area contributed by atoms with E-state index in [1.165, 1.54) is 0 Å². The Morgan fingerprint density at radius 1 is 1.25 bits per heavy atom. The molecule has 1 aliphatic heterocycles. The average Bonchev–Trinajstić information content (AvgIpc) is 2.47. The number of carboxylic acid groups (broad SMARTS) is 1. The van der Waals surface area contributed by atoms with Gasteiger partial charge >= 0.3 is 12.0 Å². The van der Waals surface area contributed by atoms with E-state index in [1.807, 2.05) is 11.8 Å². The van der Waals surface area contributed by atoms with Crippen LogP contribution in [0.15, 0.2) is 0 Å². The number of urea groups is 1. The van der Waals surface area contributed by atoms with Crippen molar-refractivity contribution >= 4 is 12.0 Å². The number of rotatable bonds is 6. The number of aliphatic hydroxyl groups excluding tert-OH is 1. The molecule has 1 unspecified atom stereocenters. The van der Waals surface area contributed by atoms with Crippen LogP contribution in [0.5, 0.6) is 0 Å². The molecule has 7 heteroatoms. The number of hydrogen-bond acceptors (Lipinski definition) is 4. The molecular formula is C13H25N3O4. The van der Waals surface area contributed by atoms with Crippen LogP contribution >= 0.6 is 0 Å². The van der Waals surface area contributed by atoms with Crippen LogP contribution in [0.4, 0.5) is 4.79 Å². The monoisotopic (exact) mass is 287 g/mol. The van der Waals surface area contributed by atoms with Gasteiger partial charge < -0.3 is 20.0 Å². The first-order chi connectivity index (χ1) is 9.51. The van der Waals surface area contributed by atoms with Crippen LogP contribution in [-0.2, 0) is 4.79 Å². The molecule has 2 N–H and O–H groups in total. The number of nitrogens with zero attached hydrogens (tertiary/aromatic N) is 3. The summed E-state index contributed by atoms with van der Waals surface area (Å²) in [4.78, 5) is 28.6. The highest BCUT2D eigenvalue weighted by Gasteiger charge is 2.28. The number of carbonyl (C=O) groups excluding carboxylic acids is 1. The second-order valence-corrected chi connectivity index (χ2v) is 4.98. The summed E-state index contributed by atoms with van der Waals surface area (Å²) in [6, 6.07) is -0.535. The minimum Gasteiger partial charge on any atom is -0.480 e. The number of amides is 2. The molecule has 1 atom stereocenters. The first kappa shape index (κ1) is 16.7. The van der Waals surface area contributed by atoms with Crippen molar-refractivity contribution in [2.45, 2.75) is 26.3 Å². The second-order valence-electron chi connectivity index (χ2n) is 4.98. The molecule has 2 amide bonds. The van der Waals surface area contributed by atoms with Crippen molar-refractivity contribution in [3.8, 4) is 0 Å². The Morgan fingerprint density at radius 2 is 1.85 bits per heavy atom. The Morgan fingerprint density at radius 3 is 2.30 bits per heavy atom. The molecule has 0 bridgehead atoms. The Balaban J connectivity index is 2.47. The van der Waals surface area contributed by atoms with Gasteiger partial charge in [-0.3, -0.25) is 9.69 Å². The normalized spacial score (nSPS) is 17.9. The van der Waals surface area contributed by atoms with Crippen molar-refractivity contribution in [1.29, 1.82) is 0 Å². The third-order valence-corrected chi connectivity index (χ3v) is 3.73. The molecule has 0 aromatic carbocycles. The van der Waals surface area contributed by atoms with Crippen LogP contribution in [0, 0.1) is 0 Å². The van der Waals surface area contributed by atoms with Crippen LogP contribution in [0.25, 0.3) is 0 Å². The zero-order valence-corrected chi connectivity index (χ0v) is 12.3. The minimum atomic E-state index is -0.831. The van der Waals surface area contributed by atoms with Gasteiger partial charge in [-0.2, -0.15) is 0 Å².